The summed E-state index contributed by atoms with van der Waals surface area (Å²) in [5, 5.41) is 3.55. The maximum Gasteiger partial charge on any atom is 0.147 e. The average molecular weight is 1730 g/mol. The Labute approximate surface area is 793 Å². The number of halogens is 4. The van der Waals surface area contributed by atoms with E-state index in [1.165, 1.54) is 24.3 Å². The minimum atomic E-state index is -0.685. The largest absolute Gasteiger partial charge is 0.307 e. The van der Waals surface area contributed by atoms with Gasteiger partial charge in [-0.25, -0.2) is 17.6 Å². The summed E-state index contributed by atoms with van der Waals surface area (Å²) in [6.07, 6.45) is 32.6. The van der Waals surface area contributed by atoms with Crippen LogP contribution in [0.2, 0.25) is 0 Å². The normalized spacial score (nSPS) is 18.9. The van der Waals surface area contributed by atoms with E-state index in [-0.39, 0.29) is 90.9 Å². The number of allylic oxidation sites excluding steroid dienone is 24. The van der Waals surface area contributed by atoms with E-state index in [2.05, 4.69) is 48.6 Å². The molecule has 24 rings (SSSR count). The van der Waals surface area contributed by atoms with E-state index in [9.17, 15) is 0 Å². The fourth-order valence-electron chi connectivity index (χ4n) is 19.5. The molecule has 0 aliphatic heterocycles. The van der Waals surface area contributed by atoms with E-state index in [1.807, 2.05) is 262 Å². The Morgan fingerprint density at radius 3 is 0.924 bits per heavy atom. The molecule has 4 unspecified atom stereocenters. The number of fused-ring (bicyclic) bond motifs is 2. The molecule has 628 valence electrons. The van der Waals surface area contributed by atoms with Crippen LogP contribution in [0.15, 0.2) is 552 Å². The van der Waals surface area contributed by atoms with Gasteiger partial charge in [0.15, 0.2) is 0 Å². The lowest BCUT2D eigenvalue weighted by molar-refractivity contribution is 0.550. The molecule has 0 saturated carbocycles. The second-order valence-electron chi connectivity index (χ2n) is 32.8. The first-order chi connectivity index (χ1) is 73.4. The summed E-state index contributed by atoms with van der Waals surface area (Å²) in [6.45, 7) is 0. The quantitative estimate of drug-likeness (QED) is 0.0794. The number of hydrogen-bond donors (Lipinski definition) is 0. The highest BCUT2D eigenvalue weighted by atomic mass is 19.1. The van der Waals surface area contributed by atoms with Gasteiger partial charge in [0.1, 0.15) is 23.3 Å². The molecule has 4 nitrogen and oxygen atoms in total. The summed E-state index contributed by atoms with van der Waals surface area (Å²) in [5.41, 5.74) is 17.6. The van der Waals surface area contributed by atoms with Gasteiger partial charge >= 0.3 is 0 Å². The predicted molar refractivity (Wildman–Crippen MR) is 537 cm³/mol. The highest BCUT2D eigenvalue weighted by molar-refractivity contribution is 6.00. The zero-order valence-corrected chi connectivity index (χ0v) is 70.3. The molecular weight excluding hydrogens is 1620 g/mol. The van der Waals surface area contributed by atoms with Crippen LogP contribution in [0.1, 0.15) is 27.4 Å². The van der Waals surface area contributed by atoms with Gasteiger partial charge in [-0.05, 0) is 231 Å². The van der Waals surface area contributed by atoms with E-state index < -0.39 is 144 Å². The third kappa shape index (κ3) is 14.6. The zero-order valence-electron chi connectivity index (χ0n) is 90.3. The van der Waals surface area contributed by atoms with Crippen molar-refractivity contribution in [2.75, 3.05) is 19.6 Å². The van der Waals surface area contributed by atoms with Crippen molar-refractivity contribution in [3.8, 4) is 66.8 Å². The first kappa shape index (κ1) is 60.9. The number of nitrogens with zero attached hydrogens (tertiary/aromatic N) is 4. The molecule has 0 aromatic heterocycles. The Hall–Kier alpha value is -16.7. The average Bonchev–Trinajstić information content (AvgIpc) is 0.716. The molecule has 4 atom stereocenters. The second kappa shape index (κ2) is 34.2. The molecule has 0 N–H and O–H groups in total. The standard InChI is InChI=1S/C64H44F2N2.C60H40F2N2/c65-57-41-51(45-17-9-3-10-18-45)29-39-61(57)67(53-31-21-47(22-32-53)43-13-5-1-6-14-43)59-37-27-49-26-36-56-60(38-28-50-25-35-55(59)63(49)64(50)56)68(54-33-23-48(24-34-54)44-15-7-2-8-16-44)62-40-30-52(42-58(62)66)46-19-11-4-12-20-46;61-51-37-45(39-13-3-1-4-14-39)29-35-57(51)63(53-23-11-19-41-17-7-9-21-47(41)53)55-33-27-43-26-32-50-56(34-28-44-25-31-49(55)59(43)60(44)50)64(54-24-12-20-42-18-8-10-22-48(42)54)58-36-30-46(38-52(58)62)40-15-5-2-6-16-40/h1-42,63-64H;1-38,59-60H/i3D,4D,9D,10D,11D,12D,17D,18D,19D,20D;1D,2D,3D,4D,5D,6D,13D,14D,15D,16D. The second-order valence-corrected chi connectivity index (χ2v) is 32.8. The van der Waals surface area contributed by atoms with Crippen LogP contribution in [0.25, 0.3) is 88.3 Å². The molecule has 8 aliphatic carbocycles. The van der Waals surface area contributed by atoms with Crippen molar-refractivity contribution in [1.29, 1.82) is 0 Å². The Morgan fingerprint density at radius 2 is 0.515 bits per heavy atom. The SMILES string of the molecule is [2H]c1c([2H])c([2H])c(-c2ccc(N(C3=CC=C4C=CC5=C(N(c6ccc(-c7c([2H])c([2H])c([2H])c([2H])c7[2H])cc6F)c6cccc7ccccc67)C=CC6=CC=C3C4C65)c3cccc4ccccc34)c(F)c2)c([2H])c1[2H].[2H]c1c([2H])c([2H])c(-c2ccc(N(C3=CC=C4C=CC5=C(N(c6ccc(-c7ccccc7)cc6)c6ccc(-c7c([2H])c([2H])c([2H])c([2H])c7[2H])cc6F)C=CC6=CC=C3C4C65)c3ccc(-c4ccccc4)cc3)c(F)c2)c([2H])c1[2H]. The van der Waals surface area contributed by atoms with Gasteiger partial charge in [0.05, 0.1) is 84.3 Å². The Morgan fingerprint density at radius 1 is 0.212 bits per heavy atom. The summed E-state index contributed by atoms with van der Waals surface area (Å²) in [5.74, 6) is -3.93. The highest BCUT2D eigenvalue weighted by Gasteiger charge is 2.46. The molecule has 132 heavy (non-hydrogen) atoms. The fraction of sp³-hybridized carbons (Fsp3) is 0.0323. The maximum atomic E-state index is 17.4. The molecule has 0 heterocycles. The van der Waals surface area contributed by atoms with E-state index in [1.54, 1.807) is 48.5 Å². The van der Waals surface area contributed by atoms with Crippen molar-refractivity contribution >= 4 is 67.0 Å². The number of hydrogen-bond acceptors (Lipinski definition) is 4. The molecule has 0 fully saturated rings. The lowest BCUT2D eigenvalue weighted by Gasteiger charge is -2.45. The summed E-state index contributed by atoms with van der Waals surface area (Å²) < 4.78 is 237. The van der Waals surface area contributed by atoms with Crippen LogP contribution in [-0.4, -0.2) is 0 Å². The van der Waals surface area contributed by atoms with Gasteiger partial charge in [-0.1, -0.05) is 376 Å². The van der Waals surface area contributed by atoms with E-state index in [0.29, 0.717) is 45.5 Å². The monoisotopic (exact) mass is 1720 g/mol. The molecule has 16 aromatic carbocycles. The molecule has 0 bridgehead atoms. The van der Waals surface area contributed by atoms with E-state index in [0.717, 1.165) is 88.4 Å². The van der Waals surface area contributed by atoms with Gasteiger partial charge in [-0.15, -0.1) is 0 Å². The lowest BCUT2D eigenvalue weighted by atomic mass is 9.63. The van der Waals surface area contributed by atoms with Gasteiger partial charge in [0.25, 0.3) is 0 Å². The summed E-state index contributed by atoms with van der Waals surface area (Å²) >= 11 is 0. The van der Waals surface area contributed by atoms with E-state index >= 15 is 17.6 Å². The minimum Gasteiger partial charge on any atom is -0.307 e. The highest BCUT2D eigenvalue weighted by Crippen LogP contribution is 2.58. The van der Waals surface area contributed by atoms with Gasteiger partial charge in [0, 0.05) is 45.8 Å². The molecule has 0 spiro atoms. The molecule has 0 saturated heterocycles. The van der Waals surface area contributed by atoms with Crippen LogP contribution < -0.4 is 19.6 Å². The van der Waals surface area contributed by atoms with Crippen molar-refractivity contribution in [2.24, 2.45) is 23.7 Å². The number of benzene rings is 16. The number of anilines is 8. The van der Waals surface area contributed by atoms with Gasteiger partial charge < -0.3 is 19.6 Å². The minimum absolute atomic E-state index is 0.104. The zero-order chi connectivity index (χ0) is 106. The van der Waals surface area contributed by atoms with Crippen molar-refractivity contribution in [3.05, 3.63) is 576 Å². The van der Waals surface area contributed by atoms with E-state index in [4.69, 9.17) is 27.4 Å². The van der Waals surface area contributed by atoms with Crippen LogP contribution in [0.3, 0.4) is 0 Å². The Bertz CT molecular complexity index is 9010. The predicted octanol–water partition coefficient (Wildman–Crippen LogP) is 32.8. The molecule has 8 heteroatoms. The van der Waals surface area contributed by atoms with Crippen molar-refractivity contribution in [1.82, 2.24) is 0 Å². The molecule has 16 aromatic rings. The van der Waals surface area contributed by atoms with Crippen LogP contribution in [0.5, 0.6) is 0 Å². The number of rotatable bonds is 18. The summed E-state index contributed by atoms with van der Waals surface area (Å²) in [6, 6.07) is 70.6. The van der Waals surface area contributed by atoms with Gasteiger partial charge in [0.2, 0.25) is 0 Å². The van der Waals surface area contributed by atoms with Gasteiger partial charge in [-0.3, -0.25) is 0 Å². The molecule has 0 amide bonds. The summed E-state index contributed by atoms with van der Waals surface area (Å²) in [7, 11) is 0. The smallest absolute Gasteiger partial charge is 0.147 e. The maximum absolute atomic E-state index is 17.4. The summed E-state index contributed by atoms with van der Waals surface area (Å²) in [4.78, 5) is 7.47. The first-order valence-electron chi connectivity index (χ1n) is 53.3. The Balaban J connectivity index is 0.000000166. The van der Waals surface area contributed by atoms with Crippen molar-refractivity contribution in [3.63, 3.8) is 0 Å². The third-order valence-electron chi connectivity index (χ3n) is 25.5. The van der Waals surface area contributed by atoms with Gasteiger partial charge in [-0.2, -0.15) is 0 Å². The van der Waals surface area contributed by atoms with Crippen LogP contribution in [0.4, 0.5) is 63.1 Å². The molecule has 8 aliphatic rings. The third-order valence-corrected chi connectivity index (χ3v) is 25.5. The van der Waals surface area contributed by atoms with Crippen LogP contribution in [0, 0.1) is 46.9 Å². The first-order valence-corrected chi connectivity index (χ1v) is 43.3. The molecule has 0 radical (unpaired) electrons. The van der Waals surface area contributed by atoms with Crippen molar-refractivity contribution in [2.45, 2.75) is 0 Å². The van der Waals surface area contributed by atoms with Crippen LogP contribution >= 0.6 is 0 Å². The fourth-order valence-corrected chi connectivity index (χ4v) is 19.5. The molecular formula is C124H84F4N4. The lowest BCUT2D eigenvalue weighted by Crippen LogP contribution is -2.35. The van der Waals surface area contributed by atoms with Crippen molar-refractivity contribution < 1.29 is 45.0 Å². The Kier molecular flexibility index (Phi) is 15.8. The van der Waals surface area contributed by atoms with Crippen LogP contribution in [-0.2, 0) is 0 Å². The topological polar surface area (TPSA) is 13.0 Å².